The summed E-state index contributed by atoms with van der Waals surface area (Å²) in [4.78, 5) is 11.9. The van der Waals surface area contributed by atoms with Gasteiger partial charge in [-0.1, -0.05) is 6.07 Å². The highest BCUT2D eigenvalue weighted by Crippen LogP contribution is 2.23. The van der Waals surface area contributed by atoms with E-state index < -0.39 is 5.60 Å². The molecule has 1 aliphatic heterocycles. The lowest BCUT2D eigenvalue weighted by molar-refractivity contribution is 0.00691. The minimum atomic E-state index is -0.480. The van der Waals surface area contributed by atoms with Crippen molar-refractivity contribution in [2.24, 2.45) is 0 Å². The van der Waals surface area contributed by atoms with Crippen molar-refractivity contribution in [2.45, 2.75) is 32.9 Å². The second kappa shape index (κ2) is 4.98. The Hall–Kier alpha value is -1.55. The first-order chi connectivity index (χ1) is 8.46. The first-order valence-electron chi connectivity index (χ1n) is 6.15. The van der Waals surface area contributed by atoms with Crippen LogP contribution >= 0.6 is 0 Å². The second-order valence-corrected chi connectivity index (χ2v) is 5.35. The summed E-state index contributed by atoms with van der Waals surface area (Å²) in [6, 6.07) is 5.45. The Kier molecular flexibility index (Phi) is 3.57. The molecule has 0 saturated heterocycles. The molecule has 4 nitrogen and oxygen atoms in total. The highest BCUT2D eigenvalue weighted by atomic mass is 16.6. The molecular formula is C14H19NO3. The molecule has 0 aromatic heterocycles. The van der Waals surface area contributed by atoms with E-state index in [0.29, 0.717) is 12.2 Å². The monoisotopic (exact) mass is 249 g/mol. The lowest BCUT2D eigenvalue weighted by atomic mass is 10.1. The molecule has 1 aromatic rings. The molecule has 0 spiro atoms. The summed E-state index contributed by atoms with van der Waals surface area (Å²) >= 11 is 0. The highest BCUT2D eigenvalue weighted by molar-refractivity contribution is 5.90. The normalized spacial score (nSPS) is 15.3. The predicted molar refractivity (Wildman–Crippen MR) is 68.8 cm³/mol. The fourth-order valence-electron chi connectivity index (χ4n) is 1.76. The minimum Gasteiger partial charge on any atom is -0.492 e. The summed E-state index contributed by atoms with van der Waals surface area (Å²) < 4.78 is 10.9. The van der Waals surface area contributed by atoms with E-state index >= 15 is 0 Å². The maximum atomic E-state index is 11.9. The van der Waals surface area contributed by atoms with Gasteiger partial charge in [-0.15, -0.1) is 0 Å². The van der Waals surface area contributed by atoms with E-state index in [-0.39, 0.29) is 5.97 Å². The number of rotatable bonds is 1. The fourth-order valence-corrected chi connectivity index (χ4v) is 1.76. The molecule has 0 atom stereocenters. The van der Waals surface area contributed by atoms with Crippen LogP contribution in [0.1, 0.15) is 36.7 Å². The molecule has 1 aromatic carbocycles. The van der Waals surface area contributed by atoms with E-state index in [9.17, 15) is 4.79 Å². The summed E-state index contributed by atoms with van der Waals surface area (Å²) in [6.07, 6.45) is 0. The molecule has 0 amide bonds. The van der Waals surface area contributed by atoms with Gasteiger partial charge in [0, 0.05) is 18.7 Å². The number of esters is 1. The van der Waals surface area contributed by atoms with Gasteiger partial charge in [0.25, 0.3) is 0 Å². The maximum absolute atomic E-state index is 11.9. The van der Waals surface area contributed by atoms with Gasteiger partial charge in [-0.3, -0.25) is 0 Å². The average molecular weight is 249 g/mol. The van der Waals surface area contributed by atoms with Crippen LogP contribution in [0.2, 0.25) is 0 Å². The van der Waals surface area contributed by atoms with Gasteiger partial charge in [-0.05, 0) is 32.9 Å². The molecule has 1 N–H and O–H groups in total. The summed E-state index contributed by atoms with van der Waals surface area (Å²) in [7, 11) is 0. The van der Waals surface area contributed by atoms with Gasteiger partial charge >= 0.3 is 5.97 Å². The summed E-state index contributed by atoms with van der Waals surface area (Å²) in [5, 5.41) is 3.25. The van der Waals surface area contributed by atoms with Crippen LogP contribution in [0, 0.1) is 0 Å². The SMILES string of the molecule is CC(C)(C)OC(=O)c1ccc2c(c1)OCCNC2. The molecule has 0 fully saturated rings. The van der Waals surface area contributed by atoms with Gasteiger partial charge in [0.2, 0.25) is 0 Å². The number of benzene rings is 1. The Morgan fingerprint density at radius 2 is 2.17 bits per heavy atom. The zero-order valence-corrected chi connectivity index (χ0v) is 11.1. The third-order valence-corrected chi connectivity index (χ3v) is 2.55. The number of hydrogen-bond acceptors (Lipinski definition) is 4. The number of nitrogens with one attached hydrogen (secondary N) is 1. The van der Waals surface area contributed by atoms with Gasteiger partial charge in [-0.2, -0.15) is 0 Å². The third-order valence-electron chi connectivity index (χ3n) is 2.55. The highest BCUT2D eigenvalue weighted by Gasteiger charge is 2.19. The first-order valence-corrected chi connectivity index (χ1v) is 6.15. The second-order valence-electron chi connectivity index (χ2n) is 5.35. The molecule has 4 heteroatoms. The van der Waals surface area contributed by atoms with E-state index in [1.165, 1.54) is 0 Å². The quantitative estimate of drug-likeness (QED) is 0.774. The average Bonchev–Trinajstić information content (AvgIpc) is 2.50. The van der Waals surface area contributed by atoms with Crippen molar-refractivity contribution >= 4 is 5.97 Å². The number of ether oxygens (including phenoxy) is 2. The van der Waals surface area contributed by atoms with Crippen LogP contribution in [0.25, 0.3) is 0 Å². The molecule has 18 heavy (non-hydrogen) atoms. The molecule has 0 bridgehead atoms. The summed E-state index contributed by atoms with van der Waals surface area (Å²) in [5.41, 5.74) is 1.12. The zero-order chi connectivity index (χ0) is 13.2. The van der Waals surface area contributed by atoms with E-state index in [4.69, 9.17) is 9.47 Å². The largest absolute Gasteiger partial charge is 0.492 e. The predicted octanol–water partition coefficient (Wildman–Crippen LogP) is 2.12. The summed E-state index contributed by atoms with van der Waals surface area (Å²) in [6.45, 7) is 7.77. The zero-order valence-electron chi connectivity index (χ0n) is 11.1. The Labute approximate surface area is 107 Å². The van der Waals surface area contributed by atoms with Crippen molar-refractivity contribution in [1.29, 1.82) is 0 Å². The van der Waals surface area contributed by atoms with Gasteiger partial charge in [0.15, 0.2) is 0 Å². The van der Waals surface area contributed by atoms with E-state index in [2.05, 4.69) is 5.32 Å². The molecule has 0 aliphatic carbocycles. The molecule has 98 valence electrons. The van der Waals surface area contributed by atoms with Crippen LogP contribution in [-0.2, 0) is 11.3 Å². The Morgan fingerprint density at radius 3 is 2.89 bits per heavy atom. The van der Waals surface area contributed by atoms with E-state index in [1.807, 2.05) is 26.8 Å². The van der Waals surface area contributed by atoms with Crippen molar-refractivity contribution in [3.8, 4) is 5.75 Å². The standard InChI is InChI=1S/C14H19NO3/c1-14(2,3)18-13(16)10-4-5-11-9-15-6-7-17-12(11)8-10/h4-5,8,15H,6-7,9H2,1-3H3. The number of carbonyl (C=O) groups excluding carboxylic acids is 1. The van der Waals surface area contributed by atoms with Crippen LogP contribution in [-0.4, -0.2) is 24.7 Å². The van der Waals surface area contributed by atoms with Gasteiger partial charge in [0.1, 0.15) is 18.0 Å². The number of carbonyl (C=O) groups is 1. The van der Waals surface area contributed by atoms with Gasteiger partial charge in [-0.25, -0.2) is 4.79 Å². The van der Waals surface area contributed by atoms with Crippen molar-refractivity contribution in [3.63, 3.8) is 0 Å². The van der Waals surface area contributed by atoms with Gasteiger partial charge < -0.3 is 14.8 Å². The third kappa shape index (κ3) is 3.23. The molecule has 0 radical (unpaired) electrons. The van der Waals surface area contributed by atoms with E-state index in [1.54, 1.807) is 12.1 Å². The molecule has 0 saturated carbocycles. The topological polar surface area (TPSA) is 47.6 Å². The minimum absolute atomic E-state index is 0.314. The maximum Gasteiger partial charge on any atom is 0.338 e. The molecule has 0 unspecified atom stereocenters. The lowest BCUT2D eigenvalue weighted by Crippen LogP contribution is -2.23. The molecule has 1 heterocycles. The smallest absolute Gasteiger partial charge is 0.338 e. The fraction of sp³-hybridized carbons (Fsp3) is 0.500. The van der Waals surface area contributed by atoms with E-state index in [0.717, 1.165) is 24.4 Å². The van der Waals surface area contributed by atoms with Crippen LogP contribution in [0.3, 0.4) is 0 Å². The first kappa shape index (κ1) is 12.9. The van der Waals surface area contributed by atoms with Crippen LogP contribution in [0.15, 0.2) is 18.2 Å². The van der Waals surface area contributed by atoms with Crippen molar-refractivity contribution in [1.82, 2.24) is 5.32 Å². The number of fused-ring (bicyclic) bond motifs is 1. The van der Waals surface area contributed by atoms with Crippen molar-refractivity contribution < 1.29 is 14.3 Å². The molecule has 1 aliphatic rings. The van der Waals surface area contributed by atoms with Gasteiger partial charge in [0.05, 0.1) is 5.56 Å². The number of hydrogen-bond donors (Lipinski definition) is 1. The van der Waals surface area contributed by atoms with Crippen molar-refractivity contribution in [3.05, 3.63) is 29.3 Å². The Bertz CT molecular complexity index is 449. The van der Waals surface area contributed by atoms with Crippen LogP contribution in [0.5, 0.6) is 5.75 Å². The van der Waals surface area contributed by atoms with Crippen LogP contribution < -0.4 is 10.1 Å². The lowest BCUT2D eigenvalue weighted by Gasteiger charge is -2.19. The Balaban J connectivity index is 2.20. The molecular weight excluding hydrogens is 230 g/mol. The molecule has 2 rings (SSSR count). The van der Waals surface area contributed by atoms with Crippen LogP contribution in [0.4, 0.5) is 0 Å². The Morgan fingerprint density at radius 1 is 1.39 bits per heavy atom. The summed E-state index contributed by atoms with van der Waals surface area (Å²) in [5.74, 6) is 0.453. The van der Waals surface area contributed by atoms with Crippen molar-refractivity contribution in [2.75, 3.05) is 13.2 Å².